The number of fused-ring (bicyclic) bond motifs is 1. The Labute approximate surface area is 86.3 Å². The molecule has 1 unspecified atom stereocenters. The minimum absolute atomic E-state index is 0.0432. The van der Waals surface area contributed by atoms with Gasteiger partial charge in [-0.3, -0.25) is 0 Å². The topological polar surface area (TPSA) is 83.9 Å². The lowest BCUT2D eigenvalue weighted by Gasteiger charge is -2.10. The third-order valence-electron chi connectivity index (χ3n) is 2.17. The standard InChI is InChI=1S/C9H12N4O2/c1-15-6(4-14)2-8-10-3-7-9(13-8)12-5-11-7/h3,5-6,14H,2,4H2,1H3,(H,10,11,12,13). The van der Waals surface area contributed by atoms with Gasteiger partial charge in [0.25, 0.3) is 0 Å². The molecule has 2 rings (SSSR count). The molecule has 0 spiro atoms. The number of aliphatic hydroxyl groups is 1. The zero-order valence-electron chi connectivity index (χ0n) is 8.34. The van der Waals surface area contributed by atoms with Crippen molar-refractivity contribution in [2.75, 3.05) is 13.7 Å². The van der Waals surface area contributed by atoms with Crippen LogP contribution in [0.2, 0.25) is 0 Å². The van der Waals surface area contributed by atoms with Crippen LogP contribution in [0.3, 0.4) is 0 Å². The monoisotopic (exact) mass is 208 g/mol. The molecule has 6 nitrogen and oxygen atoms in total. The second kappa shape index (κ2) is 4.33. The van der Waals surface area contributed by atoms with Crippen LogP contribution in [0.25, 0.3) is 11.2 Å². The Morgan fingerprint density at radius 2 is 2.40 bits per heavy atom. The molecule has 0 fully saturated rings. The van der Waals surface area contributed by atoms with E-state index in [0.29, 0.717) is 17.9 Å². The number of nitrogens with one attached hydrogen (secondary N) is 1. The lowest BCUT2D eigenvalue weighted by Crippen LogP contribution is -2.19. The van der Waals surface area contributed by atoms with Crippen molar-refractivity contribution in [3.8, 4) is 0 Å². The van der Waals surface area contributed by atoms with Gasteiger partial charge in [0, 0.05) is 13.5 Å². The van der Waals surface area contributed by atoms with E-state index in [4.69, 9.17) is 9.84 Å². The van der Waals surface area contributed by atoms with Gasteiger partial charge in [0.2, 0.25) is 0 Å². The molecule has 15 heavy (non-hydrogen) atoms. The summed E-state index contributed by atoms with van der Waals surface area (Å²) in [5.41, 5.74) is 1.43. The number of methoxy groups -OCH3 is 1. The summed E-state index contributed by atoms with van der Waals surface area (Å²) in [6, 6.07) is 0. The highest BCUT2D eigenvalue weighted by molar-refractivity contribution is 5.68. The lowest BCUT2D eigenvalue weighted by atomic mass is 10.2. The van der Waals surface area contributed by atoms with Crippen molar-refractivity contribution in [1.29, 1.82) is 0 Å². The van der Waals surface area contributed by atoms with Crippen molar-refractivity contribution in [1.82, 2.24) is 19.9 Å². The molecule has 0 aliphatic carbocycles. The Balaban J connectivity index is 2.20. The molecule has 0 saturated carbocycles. The number of aliphatic hydroxyl groups excluding tert-OH is 1. The van der Waals surface area contributed by atoms with Gasteiger partial charge in [-0.25, -0.2) is 15.0 Å². The second-order valence-corrected chi connectivity index (χ2v) is 3.17. The maximum atomic E-state index is 8.96. The number of hydrogen-bond acceptors (Lipinski definition) is 5. The molecular weight excluding hydrogens is 196 g/mol. The normalized spacial score (nSPS) is 13.2. The van der Waals surface area contributed by atoms with Crippen LogP contribution in [0.1, 0.15) is 5.82 Å². The molecule has 2 heterocycles. The number of H-pyrrole nitrogens is 1. The number of rotatable bonds is 4. The highest BCUT2D eigenvalue weighted by Gasteiger charge is 2.10. The second-order valence-electron chi connectivity index (χ2n) is 3.17. The zero-order chi connectivity index (χ0) is 10.7. The summed E-state index contributed by atoms with van der Waals surface area (Å²) in [6.07, 6.45) is 3.47. The maximum absolute atomic E-state index is 8.96. The van der Waals surface area contributed by atoms with Crippen molar-refractivity contribution in [2.24, 2.45) is 0 Å². The van der Waals surface area contributed by atoms with Crippen LogP contribution >= 0.6 is 0 Å². The molecule has 2 N–H and O–H groups in total. The summed E-state index contributed by atoms with van der Waals surface area (Å²) >= 11 is 0. The van der Waals surface area contributed by atoms with Gasteiger partial charge in [0.1, 0.15) is 11.3 Å². The third-order valence-corrected chi connectivity index (χ3v) is 2.17. The van der Waals surface area contributed by atoms with E-state index in [1.807, 2.05) is 0 Å². The molecule has 0 radical (unpaired) electrons. The molecule has 0 bridgehead atoms. The fourth-order valence-corrected chi connectivity index (χ4v) is 1.30. The molecule has 0 amide bonds. The molecule has 2 aromatic rings. The number of aromatic nitrogens is 4. The molecule has 80 valence electrons. The maximum Gasteiger partial charge on any atom is 0.180 e. The van der Waals surface area contributed by atoms with Gasteiger partial charge < -0.3 is 14.8 Å². The van der Waals surface area contributed by atoms with Crippen molar-refractivity contribution < 1.29 is 9.84 Å². The van der Waals surface area contributed by atoms with E-state index in [9.17, 15) is 0 Å². The number of nitrogens with zero attached hydrogens (tertiary/aromatic N) is 3. The Morgan fingerprint density at radius 1 is 1.53 bits per heavy atom. The van der Waals surface area contributed by atoms with Crippen LogP contribution in [0.4, 0.5) is 0 Å². The first-order chi connectivity index (χ1) is 7.33. The first-order valence-corrected chi connectivity index (χ1v) is 4.62. The van der Waals surface area contributed by atoms with E-state index in [0.717, 1.165) is 5.52 Å². The Kier molecular flexibility index (Phi) is 2.89. The predicted octanol–water partition coefficient (Wildman–Crippen LogP) is -0.0973. The number of hydrogen-bond donors (Lipinski definition) is 2. The largest absolute Gasteiger partial charge is 0.394 e. The van der Waals surface area contributed by atoms with Crippen LogP contribution in [0.5, 0.6) is 0 Å². The fourth-order valence-electron chi connectivity index (χ4n) is 1.30. The molecule has 0 aromatic carbocycles. The SMILES string of the molecule is COC(CO)Cc1ncc2[nH]cnc2n1. The Hall–Kier alpha value is -1.53. The lowest BCUT2D eigenvalue weighted by molar-refractivity contribution is 0.0482. The predicted molar refractivity (Wildman–Crippen MR) is 53.3 cm³/mol. The summed E-state index contributed by atoms with van der Waals surface area (Å²) in [7, 11) is 1.55. The average Bonchev–Trinajstić information content (AvgIpc) is 2.73. The van der Waals surface area contributed by atoms with Gasteiger partial charge in [-0.05, 0) is 0 Å². The van der Waals surface area contributed by atoms with Crippen LogP contribution in [-0.4, -0.2) is 44.9 Å². The van der Waals surface area contributed by atoms with E-state index >= 15 is 0 Å². The highest BCUT2D eigenvalue weighted by atomic mass is 16.5. The minimum Gasteiger partial charge on any atom is -0.394 e. The first kappa shape index (κ1) is 10.0. The molecule has 1 atom stereocenters. The van der Waals surface area contributed by atoms with E-state index in [-0.39, 0.29) is 12.7 Å². The van der Waals surface area contributed by atoms with Gasteiger partial charge >= 0.3 is 0 Å². The van der Waals surface area contributed by atoms with Crippen molar-refractivity contribution in [3.05, 3.63) is 18.3 Å². The summed E-state index contributed by atoms with van der Waals surface area (Å²) < 4.78 is 5.04. The molecular formula is C9H12N4O2. The Morgan fingerprint density at radius 3 is 3.13 bits per heavy atom. The van der Waals surface area contributed by atoms with Crippen molar-refractivity contribution >= 4 is 11.2 Å². The number of imidazole rings is 1. The first-order valence-electron chi connectivity index (χ1n) is 4.62. The zero-order valence-corrected chi connectivity index (χ0v) is 8.34. The van der Waals surface area contributed by atoms with E-state index in [2.05, 4.69) is 19.9 Å². The van der Waals surface area contributed by atoms with E-state index < -0.39 is 0 Å². The van der Waals surface area contributed by atoms with Crippen molar-refractivity contribution in [3.63, 3.8) is 0 Å². The van der Waals surface area contributed by atoms with Gasteiger partial charge in [-0.1, -0.05) is 0 Å². The Bertz CT molecular complexity index is 438. The quantitative estimate of drug-likeness (QED) is 0.733. The molecule has 6 heteroatoms. The van der Waals surface area contributed by atoms with Crippen LogP contribution < -0.4 is 0 Å². The van der Waals surface area contributed by atoms with Crippen molar-refractivity contribution in [2.45, 2.75) is 12.5 Å². The number of ether oxygens (including phenoxy) is 1. The van der Waals surface area contributed by atoms with Gasteiger partial charge in [0.15, 0.2) is 5.65 Å². The van der Waals surface area contributed by atoms with Gasteiger partial charge in [-0.2, -0.15) is 0 Å². The van der Waals surface area contributed by atoms with Crippen LogP contribution in [-0.2, 0) is 11.2 Å². The number of aromatic amines is 1. The summed E-state index contributed by atoms with van der Waals surface area (Å²) in [5, 5.41) is 8.96. The van der Waals surface area contributed by atoms with E-state index in [1.165, 1.54) is 0 Å². The molecule has 0 saturated heterocycles. The smallest absolute Gasteiger partial charge is 0.180 e. The molecule has 2 aromatic heterocycles. The summed E-state index contributed by atoms with van der Waals surface area (Å²) in [4.78, 5) is 15.3. The average molecular weight is 208 g/mol. The third kappa shape index (κ3) is 2.11. The van der Waals surface area contributed by atoms with Gasteiger partial charge in [0.05, 0.1) is 25.2 Å². The molecule has 0 aliphatic rings. The summed E-state index contributed by atoms with van der Waals surface area (Å²) in [6.45, 7) is -0.0432. The highest BCUT2D eigenvalue weighted by Crippen LogP contribution is 2.06. The fraction of sp³-hybridized carbons (Fsp3) is 0.444. The van der Waals surface area contributed by atoms with Gasteiger partial charge in [-0.15, -0.1) is 0 Å². The van der Waals surface area contributed by atoms with Crippen LogP contribution in [0, 0.1) is 0 Å². The summed E-state index contributed by atoms with van der Waals surface area (Å²) in [5.74, 6) is 0.621. The van der Waals surface area contributed by atoms with Crippen LogP contribution in [0.15, 0.2) is 12.5 Å². The molecule has 0 aliphatic heterocycles. The minimum atomic E-state index is -0.263. The van der Waals surface area contributed by atoms with E-state index in [1.54, 1.807) is 19.6 Å².